The van der Waals surface area contributed by atoms with Gasteiger partial charge in [-0.15, -0.1) is 0 Å². The Morgan fingerprint density at radius 3 is 2.43 bits per heavy atom. The van der Waals surface area contributed by atoms with Crippen molar-refractivity contribution in [3.8, 4) is 0 Å². The molecular weight excluding hydrogens is 525 g/mol. The molecule has 0 bridgehead atoms. The van der Waals surface area contributed by atoms with E-state index in [1.165, 1.54) is 12.1 Å². The highest BCUT2D eigenvalue weighted by molar-refractivity contribution is 7.85. The molecule has 1 saturated carbocycles. The molecule has 3 heterocycles. The second kappa shape index (κ2) is 10.4. The smallest absolute Gasteiger partial charge is 0.381 e. The minimum Gasteiger partial charge on any atom is -0.381 e. The Morgan fingerprint density at radius 2 is 1.84 bits per heavy atom. The Hall–Kier alpha value is -2.32. The fourth-order valence-corrected chi connectivity index (χ4v) is 5.16. The third-order valence-corrected chi connectivity index (χ3v) is 7.27. The van der Waals surface area contributed by atoms with Gasteiger partial charge in [-0.1, -0.05) is 0 Å². The van der Waals surface area contributed by atoms with Crippen LogP contribution in [0.2, 0.25) is 0 Å². The van der Waals surface area contributed by atoms with Gasteiger partial charge < -0.3 is 10.1 Å². The van der Waals surface area contributed by atoms with Crippen molar-refractivity contribution in [2.45, 2.75) is 69.7 Å². The van der Waals surface area contributed by atoms with Crippen LogP contribution >= 0.6 is 0 Å². The average Bonchev–Trinajstić information content (AvgIpc) is 3.18. The summed E-state index contributed by atoms with van der Waals surface area (Å²) in [5.74, 6) is -3.84. The van der Waals surface area contributed by atoms with E-state index in [-0.39, 0.29) is 47.9 Å². The van der Waals surface area contributed by atoms with Gasteiger partial charge in [0.1, 0.15) is 12.3 Å². The zero-order valence-corrected chi connectivity index (χ0v) is 20.9. The normalized spacial score (nSPS) is 19.8. The number of imidazole rings is 1. The number of carbonyl (C=O) groups is 1. The maximum absolute atomic E-state index is 14.0. The van der Waals surface area contributed by atoms with Crippen LogP contribution < -0.4 is 5.32 Å². The number of fused-ring (bicyclic) bond motifs is 1. The lowest BCUT2D eigenvalue weighted by atomic mass is 9.83. The van der Waals surface area contributed by atoms with Gasteiger partial charge in [0.15, 0.2) is 5.69 Å². The van der Waals surface area contributed by atoms with Crippen LogP contribution in [0.15, 0.2) is 12.1 Å². The molecule has 2 fully saturated rings. The molecule has 2 aromatic rings. The number of rotatable bonds is 7. The summed E-state index contributed by atoms with van der Waals surface area (Å²) < 4.78 is 104. The Labute approximate surface area is 210 Å². The summed E-state index contributed by atoms with van der Waals surface area (Å²) in [6.45, 7) is 0.281. The van der Waals surface area contributed by atoms with Gasteiger partial charge in [0.2, 0.25) is 5.92 Å². The highest BCUT2D eigenvalue weighted by Gasteiger charge is 2.41. The number of alkyl halides is 5. The lowest BCUT2D eigenvalue weighted by molar-refractivity contribution is -0.141. The zero-order chi connectivity index (χ0) is 27.0. The van der Waals surface area contributed by atoms with Gasteiger partial charge >= 0.3 is 6.18 Å². The first kappa shape index (κ1) is 27.7. The molecule has 2 aromatic heterocycles. The van der Waals surface area contributed by atoms with Crippen molar-refractivity contribution >= 4 is 21.7 Å². The van der Waals surface area contributed by atoms with E-state index >= 15 is 0 Å². The van der Waals surface area contributed by atoms with Crippen molar-refractivity contribution in [3.05, 3.63) is 34.8 Å². The van der Waals surface area contributed by atoms with Gasteiger partial charge in [0.05, 0.1) is 17.6 Å². The lowest BCUT2D eigenvalue weighted by Gasteiger charge is -2.28. The molecule has 0 spiro atoms. The van der Waals surface area contributed by atoms with E-state index in [2.05, 4.69) is 10.3 Å². The van der Waals surface area contributed by atoms with Gasteiger partial charge in [0.25, 0.3) is 16.0 Å². The zero-order valence-electron chi connectivity index (χ0n) is 20.1. The third-order valence-electron chi connectivity index (χ3n) is 6.72. The van der Waals surface area contributed by atoms with Crippen LogP contribution in [0.25, 0.3) is 5.65 Å². The molecule has 14 heteroatoms. The number of ether oxygens (including phenoxy) is 1. The predicted molar refractivity (Wildman–Crippen MR) is 122 cm³/mol. The Kier molecular flexibility index (Phi) is 7.82. The topological polar surface area (TPSA) is 99.0 Å². The van der Waals surface area contributed by atoms with Gasteiger partial charge in [0, 0.05) is 37.7 Å². The Balaban J connectivity index is 1.76. The molecule has 4 rings (SSSR count). The summed E-state index contributed by atoms with van der Waals surface area (Å²) in [6.07, 6.45) is -3.87. The van der Waals surface area contributed by atoms with E-state index in [0.29, 0.717) is 26.1 Å². The molecule has 1 aliphatic heterocycles. The molecule has 8 nitrogen and oxygen atoms in total. The Morgan fingerprint density at radius 1 is 1.19 bits per heavy atom. The first-order chi connectivity index (χ1) is 17.2. The molecule has 1 N–H and O–H groups in total. The van der Waals surface area contributed by atoms with E-state index < -0.39 is 59.2 Å². The number of halogens is 5. The van der Waals surface area contributed by atoms with Gasteiger partial charge in [-0.05, 0) is 50.2 Å². The van der Waals surface area contributed by atoms with Gasteiger partial charge in [-0.3, -0.25) is 13.4 Å². The number of nitrogens with one attached hydrogen (secondary N) is 1. The number of nitrogens with zero attached hydrogens (tertiary/aromatic N) is 2. The monoisotopic (exact) mass is 553 g/mol. The number of amides is 1. The van der Waals surface area contributed by atoms with Gasteiger partial charge in [-0.2, -0.15) is 21.6 Å². The molecular formula is C23H28F5N3O5S. The SMILES string of the molecule is CS(=O)(=O)OCc1cc(C(=O)NC2CCOCC2)cc2nc(C(F)(F)F)c(CC3CCC(F)(F)CC3)n12. The molecule has 37 heavy (non-hydrogen) atoms. The first-order valence-electron chi connectivity index (χ1n) is 11.9. The summed E-state index contributed by atoms with van der Waals surface area (Å²) in [5, 5.41) is 2.82. The lowest BCUT2D eigenvalue weighted by Crippen LogP contribution is -2.39. The van der Waals surface area contributed by atoms with Crippen molar-refractivity contribution in [1.82, 2.24) is 14.7 Å². The molecule has 0 aromatic carbocycles. The predicted octanol–water partition coefficient (Wildman–Crippen LogP) is 4.11. The van der Waals surface area contributed by atoms with Crippen LogP contribution in [0.4, 0.5) is 22.0 Å². The number of carbonyl (C=O) groups excluding carboxylic acids is 1. The average molecular weight is 554 g/mol. The third kappa shape index (κ3) is 6.96. The summed E-state index contributed by atoms with van der Waals surface area (Å²) in [5.41, 5.74) is -1.73. The molecule has 1 aliphatic carbocycles. The molecule has 0 radical (unpaired) electrons. The van der Waals surface area contributed by atoms with Crippen LogP contribution in [-0.2, 0) is 38.2 Å². The number of hydrogen-bond acceptors (Lipinski definition) is 6. The second-order valence-electron chi connectivity index (χ2n) is 9.66. The maximum atomic E-state index is 14.0. The number of aromatic nitrogens is 2. The van der Waals surface area contributed by atoms with Crippen LogP contribution in [0.3, 0.4) is 0 Å². The minimum atomic E-state index is -4.86. The van der Waals surface area contributed by atoms with E-state index in [1.54, 1.807) is 0 Å². The fraction of sp³-hybridized carbons (Fsp3) is 0.652. The van der Waals surface area contributed by atoms with Crippen molar-refractivity contribution in [2.75, 3.05) is 19.5 Å². The van der Waals surface area contributed by atoms with Crippen molar-refractivity contribution in [2.24, 2.45) is 5.92 Å². The van der Waals surface area contributed by atoms with Crippen molar-refractivity contribution in [3.63, 3.8) is 0 Å². The fourth-order valence-electron chi connectivity index (χ4n) is 4.82. The molecule has 2 aliphatic rings. The van der Waals surface area contributed by atoms with E-state index in [4.69, 9.17) is 8.92 Å². The summed E-state index contributed by atoms with van der Waals surface area (Å²) in [6, 6.07) is 2.29. The van der Waals surface area contributed by atoms with E-state index in [0.717, 1.165) is 10.7 Å². The van der Waals surface area contributed by atoms with Gasteiger partial charge in [-0.25, -0.2) is 13.8 Å². The summed E-state index contributed by atoms with van der Waals surface area (Å²) in [7, 11) is -3.98. The number of hydrogen-bond donors (Lipinski definition) is 1. The first-order valence-corrected chi connectivity index (χ1v) is 13.8. The standard InChI is InChI=1S/C23H28F5N3O5S/c1-37(33,34)36-13-17-11-15(21(32)29-16-4-8-35-9-5-16)12-19-30-20(23(26,27)28)18(31(17)19)10-14-2-6-22(24,25)7-3-14/h11-12,14,16H,2-10,13H2,1H3,(H,29,32). The van der Waals surface area contributed by atoms with Crippen LogP contribution in [0.1, 0.15) is 66.0 Å². The highest BCUT2D eigenvalue weighted by Crippen LogP contribution is 2.40. The van der Waals surface area contributed by atoms with Crippen LogP contribution in [0, 0.1) is 5.92 Å². The number of pyridine rings is 1. The Bertz CT molecular complexity index is 1250. The molecule has 206 valence electrons. The molecule has 1 amide bonds. The highest BCUT2D eigenvalue weighted by atomic mass is 32.2. The summed E-state index contributed by atoms with van der Waals surface area (Å²) >= 11 is 0. The van der Waals surface area contributed by atoms with Crippen LogP contribution in [-0.4, -0.2) is 55.1 Å². The molecule has 0 unspecified atom stereocenters. The van der Waals surface area contributed by atoms with E-state index in [1.807, 2.05) is 0 Å². The van der Waals surface area contributed by atoms with Crippen molar-refractivity contribution in [1.29, 1.82) is 0 Å². The minimum absolute atomic E-state index is 0.00586. The second-order valence-corrected chi connectivity index (χ2v) is 11.3. The molecule has 1 saturated heterocycles. The maximum Gasteiger partial charge on any atom is 0.435 e. The quantitative estimate of drug-likeness (QED) is 0.410. The largest absolute Gasteiger partial charge is 0.435 e. The van der Waals surface area contributed by atoms with E-state index in [9.17, 15) is 35.2 Å². The van der Waals surface area contributed by atoms with Crippen LogP contribution in [0.5, 0.6) is 0 Å². The molecule has 0 atom stereocenters. The van der Waals surface area contributed by atoms with Crippen molar-refractivity contribution < 1.29 is 44.1 Å². The summed E-state index contributed by atoms with van der Waals surface area (Å²) in [4.78, 5) is 16.7.